The Bertz CT molecular complexity index is 1100. The monoisotopic (exact) mass is 604 g/mol. The number of hydrogen-bond acceptors (Lipinski definition) is 6. The quantitative estimate of drug-likeness (QED) is 0.345. The fraction of sp³-hybridized carbons (Fsp3) is 0.286. The van der Waals surface area contributed by atoms with Crippen molar-refractivity contribution in [1.82, 2.24) is 4.90 Å². The van der Waals surface area contributed by atoms with Gasteiger partial charge in [0, 0.05) is 13.1 Å². The largest absolute Gasteiger partial charge is 0.497 e. The van der Waals surface area contributed by atoms with E-state index in [1.807, 2.05) is 0 Å². The predicted molar refractivity (Wildman–Crippen MR) is 133 cm³/mol. The number of likely N-dealkylation sites (N-methyl/N-ethyl adjacent to an activating group) is 1. The zero-order valence-electron chi connectivity index (χ0n) is 17.8. The highest BCUT2D eigenvalue weighted by molar-refractivity contribution is 9.25. The number of carbonyl (C=O) groups excluding carboxylic acids is 2. The number of urea groups is 1. The van der Waals surface area contributed by atoms with Gasteiger partial charge >= 0.3 is 11.9 Å². The number of rotatable bonds is 8. The number of para-hydroxylation sites is 1. The van der Waals surface area contributed by atoms with Gasteiger partial charge in [0.15, 0.2) is 0 Å². The second-order valence-corrected chi connectivity index (χ2v) is 11.1. The summed E-state index contributed by atoms with van der Waals surface area (Å²) in [6.45, 7) is 0. The number of alkyl halides is 3. The lowest BCUT2D eigenvalue weighted by Crippen LogP contribution is -2.40. The number of amidine groups is 1. The summed E-state index contributed by atoms with van der Waals surface area (Å²) in [5.41, 5.74) is 0.374. The molecule has 0 bridgehead atoms. The van der Waals surface area contributed by atoms with E-state index in [9.17, 15) is 14.0 Å². The van der Waals surface area contributed by atoms with Crippen molar-refractivity contribution in [3.05, 3.63) is 48.3 Å². The molecule has 3 rings (SSSR count). The highest BCUT2D eigenvalue weighted by Crippen LogP contribution is 2.38. The summed E-state index contributed by atoms with van der Waals surface area (Å²) in [4.78, 5) is 32.2. The van der Waals surface area contributed by atoms with Crippen LogP contribution in [0.15, 0.2) is 47.5 Å². The third-order valence-electron chi connectivity index (χ3n) is 4.81. The molecule has 1 aliphatic rings. The first-order valence-electron chi connectivity index (χ1n) is 9.51. The van der Waals surface area contributed by atoms with Crippen LogP contribution in [-0.2, 0) is 4.79 Å². The van der Waals surface area contributed by atoms with Crippen LogP contribution in [0, 0.1) is 5.82 Å². The van der Waals surface area contributed by atoms with E-state index in [0.717, 1.165) is 9.80 Å². The summed E-state index contributed by atoms with van der Waals surface area (Å²) < 4.78 is 23.9. The van der Waals surface area contributed by atoms with Crippen molar-refractivity contribution < 1.29 is 23.5 Å². The van der Waals surface area contributed by atoms with E-state index in [-0.39, 0.29) is 17.4 Å². The lowest BCUT2D eigenvalue weighted by Gasteiger charge is -2.28. The average Bonchev–Trinajstić information content (AvgIpc) is 3.02. The number of anilines is 2. The minimum Gasteiger partial charge on any atom is -0.497 e. The number of aliphatic imine (C=N–C) groups is 1. The van der Waals surface area contributed by atoms with E-state index in [2.05, 4.69) is 42.2 Å². The van der Waals surface area contributed by atoms with E-state index in [1.165, 1.54) is 45.5 Å². The summed E-state index contributed by atoms with van der Waals surface area (Å²) in [6, 6.07) is 9.89. The number of benzene rings is 2. The van der Waals surface area contributed by atoms with Crippen molar-refractivity contribution in [2.45, 2.75) is 9.40 Å². The molecule has 0 saturated carbocycles. The molecule has 1 fully saturated rings. The summed E-state index contributed by atoms with van der Waals surface area (Å²) >= 11 is 13.1. The predicted octanol–water partition coefficient (Wildman–Crippen LogP) is 4.80. The smallest absolute Gasteiger partial charge is 0.337 e. The van der Waals surface area contributed by atoms with Gasteiger partial charge in [0.2, 0.25) is 5.84 Å². The summed E-state index contributed by atoms with van der Waals surface area (Å²) in [6.07, 6.45) is -0.896. The number of imide groups is 1. The van der Waals surface area contributed by atoms with E-state index in [1.54, 1.807) is 18.2 Å². The first-order chi connectivity index (χ1) is 15.6. The molecule has 33 heavy (non-hydrogen) atoms. The van der Waals surface area contributed by atoms with Crippen molar-refractivity contribution in [2.75, 3.05) is 37.4 Å². The fourth-order valence-electron chi connectivity index (χ4n) is 3.05. The molecule has 2 aromatic rings. The van der Waals surface area contributed by atoms with Crippen LogP contribution in [-0.4, -0.2) is 59.2 Å². The maximum atomic E-state index is 14.3. The molecule has 3 amide bonds. The number of halogens is 4. The van der Waals surface area contributed by atoms with Gasteiger partial charge in [0.05, 0.1) is 31.5 Å². The molecule has 176 valence electrons. The number of carbonyl (C=O) groups is 2. The van der Waals surface area contributed by atoms with Crippen molar-refractivity contribution in [1.29, 1.82) is 0 Å². The average molecular weight is 607 g/mol. The molecule has 0 aliphatic carbocycles. The van der Waals surface area contributed by atoms with Crippen LogP contribution in [0.5, 0.6) is 11.5 Å². The van der Waals surface area contributed by atoms with Crippen molar-refractivity contribution in [3.8, 4) is 11.5 Å². The molecule has 12 heteroatoms. The molecule has 8 nitrogen and oxygen atoms in total. The first kappa shape index (κ1) is 25.3. The van der Waals surface area contributed by atoms with Gasteiger partial charge in [-0.1, -0.05) is 44.0 Å². The summed E-state index contributed by atoms with van der Waals surface area (Å²) in [7, 11) is 4.42. The van der Waals surface area contributed by atoms with Crippen LogP contribution in [0.25, 0.3) is 0 Å². The topological polar surface area (TPSA) is 83.5 Å². The molecular weight excluding hydrogens is 587 g/mol. The molecule has 1 saturated heterocycles. The Morgan fingerprint density at radius 2 is 1.88 bits per heavy atom. The first-order valence-corrected chi connectivity index (χ1v) is 11.6. The summed E-state index contributed by atoms with van der Waals surface area (Å²) in [5.74, 6) is -0.600. The normalized spacial score (nSPS) is 16.4. The third kappa shape index (κ3) is 5.10. The van der Waals surface area contributed by atoms with Crippen LogP contribution < -0.4 is 19.7 Å². The Balaban J connectivity index is 2.02. The summed E-state index contributed by atoms with van der Waals surface area (Å²) in [5, 5.41) is 3.16. The van der Waals surface area contributed by atoms with Crippen molar-refractivity contribution in [3.63, 3.8) is 0 Å². The second-order valence-electron chi connectivity index (χ2n) is 6.89. The molecule has 1 aliphatic heterocycles. The molecule has 0 spiro atoms. The maximum absolute atomic E-state index is 14.3. The van der Waals surface area contributed by atoms with Crippen LogP contribution in [0.1, 0.15) is 0 Å². The molecule has 0 radical (unpaired) electrons. The van der Waals surface area contributed by atoms with Gasteiger partial charge in [-0.2, -0.15) is 0 Å². The number of hydrogen-bond donors (Lipinski definition) is 1. The SMILES string of the molecule is COc1ccc(NC(N=C2C(=O)N(c3ccccc3F)C(=O)N2C)C(Br)(Br)CCl)c(OC)c1. The number of methoxy groups -OCH3 is 2. The highest BCUT2D eigenvalue weighted by Gasteiger charge is 2.44. The Hall–Kier alpha value is -2.37. The number of amides is 3. The van der Waals surface area contributed by atoms with Crippen molar-refractivity contribution >= 4 is 72.6 Å². The van der Waals surface area contributed by atoms with Gasteiger partial charge in [-0.05, 0) is 24.3 Å². The standard InChI is InChI=1S/C21H20Br2ClFN4O4/c1-28-17(18(30)29(20(28)31)15-7-5-4-6-13(15)25)27-19(21(22,23)11-24)26-14-9-8-12(32-2)10-16(14)33-3/h4-10,19,26H,11H2,1-3H3. The highest BCUT2D eigenvalue weighted by atomic mass is 79.9. The zero-order chi connectivity index (χ0) is 24.3. The molecule has 1 unspecified atom stereocenters. The Morgan fingerprint density at radius 1 is 1.18 bits per heavy atom. The van der Waals surface area contributed by atoms with Crippen LogP contribution in [0.4, 0.5) is 20.6 Å². The number of ether oxygens (including phenoxy) is 2. The third-order valence-corrected chi connectivity index (χ3v) is 7.31. The van der Waals surface area contributed by atoms with E-state index < -0.39 is 27.2 Å². The number of nitrogens with one attached hydrogen (secondary N) is 1. The van der Waals surface area contributed by atoms with E-state index in [4.69, 9.17) is 21.1 Å². The lowest BCUT2D eigenvalue weighted by molar-refractivity contribution is -0.111. The van der Waals surface area contributed by atoms with Gasteiger partial charge in [-0.3, -0.25) is 9.69 Å². The molecule has 1 heterocycles. The van der Waals surface area contributed by atoms with Gasteiger partial charge in [0.1, 0.15) is 26.7 Å². The molecule has 2 aromatic carbocycles. The molecule has 0 aromatic heterocycles. The van der Waals surface area contributed by atoms with Crippen LogP contribution in [0.3, 0.4) is 0 Å². The Kier molecular flexibility index (Phi) is 7.86. The number of nitrogens with zero attached hydrogens (tertiary/aromatic N) is 3. The zero-order valence-corrected chi connectivity index (χ0v) is 21.7. The Morgan fingerprint density at radius 3 is 2.48 bits per heavy atom. The van der Waals surface area contributed by atoms with Crippen molar-refractivity contribution in [2.24, 2.45) is 4.99 Å². The fourth-order valence-corrected chi connectivity index (χ4v) is 3.63. The molecule has 1 atom stereocenters. The molecular formula is C21H20Br2ClFN4O4. The second kappa shape index (κ2) is 10.3. The van der Waals surface area contributed by atoms with Gasteiger partial charge in [0.25, 0.3) is 0 Å². The lowest BCUT2D eigenvalue weighted by atomic mass is 10.2. The molecule has 1 N–H and O–H groups in total. The van der Waals surface area contributed by atoms with Gasteiger partial charge < -0.3 is 14.8 Å². The van der Waals surface area contributed by atoms with Gasteiger partial charge in [-0.25, -0.2) is 19.1 Å². The maximum Gasteiger partial charge on any atom is 0.337 e. The van der Waals surface area contributed by atoms with Crippen LogP contribution in [0.2, 0.25) is 0 Å². The minimum atomic E-state index is -1.02. The van der Waals surface area contributed by atoms with E-state index >= 15 is 0 Å². The Labute approximate surface area is 211 Å². The van der Waals surface area contributed by atoms with Gasteiger partial charge in [-0.15, -0.1) is 11.6 Å². The van der Waals surface area contributed by atoms with Crippen LogP contribution >= 0.6 is 43.5 Å². The minimum absolute atomic E-state index is 0.0306. The van der Waals surface area contributed by atoms with E-state index in [0.29, 0.717) is 17.2 Å².